The van der Waals surface area contributed by atoms with Gasteiger partial charge in [-0.25, -0.2) is 4.39 Å². The van der Waals surface area contributed by atoms with Gasteiger partial charge in [0.1, 0.15) is 17.4 Å². The van der Waals surface area contributed by atoms with Gasteiger partial charge in [0, 0.05) is 24.2 Å². The molecule has 2 aliphatic carbocycles. The van der Waals surface area contributed by atoms with Crippen LogP contribution in [0.2, 0.25) is 0 Å². The van der Waals surface area contributed by atoms with Crippen molar-refractivity contribution in [2.45, 2.75) is 89.4 Å². The summed E-state index contributed by atoms with van der Waals surface area (Å²) < 4.78 is 13.7. The number of rotatable bonds is 13. The molecule has 3 heteroatoms. The average molecular weight is 577 g/mol. The van der Waals surface area contributed by atoms with Crippen molar-refractivity contribution in [1.82, 2.24) is 0 Å². The summed E-state index contributed by atoms with van der Waals surface area (Å²) in [6.45, 7) is 10.2. The Morgan fingerprint density at radius 2 is 1.28 bits per heavy atom. The summed E-state index contributed by atoms with van der Waals surface area (Å²) >= 11 is 0. The number of Topliss-reactive ketones (excluding diaryl/α,β-unsaturated/α-hetero) is 2. The molecule has 0 aliphatic heterocycles. The van der Waals surface area contributed by atoms with Gasteiger partial charge in [-0.1, -0.05) is 91.9 Å². The number of benzene rings is 3. The topological polar surface area (TPSA) is 34.1 Å². The Labute approximate surface area is 257 Å². The smallest absolute Gasteiger partial charge is 0.147 e. The van der Waals surface area contributed by atoms with E-state index < -0.39 is 0 Å². The minimum atomic E-state index is -0.221. The van der Waals surface area contributed by atoms with Crippen molar-refractivity contribution >= 4 is 11.6 Å². The second-order valence-corrected chi connectivity index (χ2v) is 12.8. The highest BCUT2D eigenvalue weighted by atomic mass is 19.1. The molecule has 5 rings (SSSR count). The number of hydrogen-bond acceptors (Lipinski definition) is 2. The number of ketones is 2. The SMILES string of the molecule is C=C1CCC[C@H]1C(=O)CCc1ccc(CCC(Cc2ccc(C(C)C(=O)[C@@H]3CCCC3=C)cc2)c2ccc(F)cc2)cc1. The fraction of sp³-hybridized carbons (Fsp3) is 0.400. The summed E-state index contributed by atoms with van der Waals surface area (Å²) in [4.78, 5) is 25.7. The molecule has 0 radical (unpaired) electrons. The molecule has 0 saturated heterocycles. The maximum absolute atomic E-state index is 13.7. The molecule has 0 bridgehead atoms. The van der Waals surface area contributed by atoms with Crippen LogP contribution in [-0.4, -0.2) is 11.6 Å². The highest BCUT2D eigenvalue weighted by Gasteiger charge is 2.30. The standard InChI is InChI=1S/C40H45FO2/c1-27-6-4-8-37(27)39(42)25-17-31-12-10-30(11-13-31)14-20-35(34-21-23-36(41)24-22-34)26-32-15-18-33(19-16-32)29(3)40(43)38-9-5-7-28(38)2/h10-13,15-16,18-19,21-24,29,35,37-38H,1-2,4-9,14,17,20,25-26H2,3H3/t29?,35?,37-,38-/m1/s1. The first-order chi connectivity index (χ1) is 20.8. The highest BCUT2D eigenvalue weighted by molar-refractivity contribution is 5.90. The lowest BCUT2D eigenvalue weighted by atomic mass is 9.84. The van der Waals surface area contributed by atoms with E-state index in [0.717, 1.165) is 86.5 Å². The van der Waals surface area contributed by atoms with E-state index in [2.05, 4.69) is 61.7 Å². The highest BCUT2D eigenvalue weighted by Crippen LogP contribution is 2.35. The lowest BCUT2D eigenvalue weighted by Crippen LogP contribution is -2.19. The van der Waals surface area contributed by atoms with Crippen LogP contribution >= 0.6 is 0 Å². The number of carbonyl (C=O) groups excluding carboxylic acids is 2. The van der Waals surface area contributed by atoms with Crippen LogP contribution < -0.4 is 0 Å². The lowest BCUT2D eigenvalue weighted by Gasteiger charge is -2.20. The van der Waals surface area contributed by atoms with Gasteiger partial charge in [-0.2, -0.15) is 0 Å². The molecule has 2 aliphatic rings. The molecule has 4 atom stereocenters. The predicted octanol–water partition coefficient (Wildman–Crippen LogP) is 9.67. The summed E-state index contributed by atoms with van der Waals surface area (Å²) in [7, 11) is 0. The van der Waals surface area contributed by atoms with Gasteiger partial charge >= 0.3 is 0 Å². The molecule has 3 aromatic rings. The number of hydrogen-bond donors (Lipinski definition) is 0. The normalized spacial score (nSPS) is 19.9. The second-order valence-electron chi connectivity index (χ2n) is 12.8. The maximum Gasteiger partial charge on any atom is 0.147 e. The molecule has 0 amide bonds. The molecular weight excluding hydrogens is 531 g/mol. The number of aryl methyl sites for hydroxylation is 2. The van der Waals surface area contributed by atoms with Crippen molar-refractivity contribution in [3.63, 3.8) is 0 Å². The van der Waals surface area contributed by atoms with Gasteiger partial charge in [0.15, 0.2) is 0 Å². The van der Waals surface area contributed by atoms with Crippen LogP contribution in [-0.2, 0) is 28.9 Å². The van der Waals surface area contributed by atoms with E-state index in [1.165, 1.54) is 16.7 Å². The fourth-order valence-electron chi connectivity index (χ4n) is 7.03. The minimum Gasteiger partial charge on any atom is -0.299 e. The molecule has 43 heavy (non-hydrogen) atoms. The molecule has 0 aromatic heterocycles. The van der Waals surface area contributed by atoms with E-state index in [-0.39, 0.29) is 35.3 Å². The molecular formula is C40H45FO2. The third-order valence-electron chi connectivity index (χ3n) is 9.89. The van der Waals surface area contributed by atoms with Gasteiger partial charge in [-0.05, 0) is 110 Å². The summed E-state index contributed by atoms with van der Waals surface area (Å²) in [6, 6.07) is 24.1. The van der Waals surface area contributed by atoms with Crippen LogP contribution in [0.15, 0.2) is 97.1 Å². The average Bonchev–Trinajstić information content (AvgIpc) is 3.66. The monoisotopic (exact) mass is 576 g/mol. The number of halogens is 1. The molecule has 2 nitrogen and oxygen atoms in total. The van der Waals surface area contributed by atoms with Gasteiger partial charge in [0.2, 0.25) is 0 Å². The first-order valence-corrected chi connectivity index (χ1v) is 16.1. The Bertz CT molecular complexity index is 1430. The van der Waals surface area contributed by atoms with Crippen LogP contribution in [0.4, 0.5) is 4.39 Å². The molecule has 3 aromatic carbocycles. The quantitative estimate of drug-likeness (QED) is 0.190. The first kappa shape index (κ1) is 30.9. The van der Waals surface area contributed by atoms with Crippen LogP contribution in [0, 0.1) is 17.7 Å². The van der Waals surface area contributed by atoms with Crippen LogP contribution in [0.25, 0.3) is 0 Å². The zero-order valence-electron chi connectivity index (χ0n) is 25.6. The molecule has 0 spiro atoms. The van der Waals surface area contributed by atoms with E-state index in [4.69, 9.17) is 0 Å². The van der Waals surface area contributed by atoms with Gasteiger partial charge in [-0.15, -0.1) is 0 Å². The Kier molecular flexibility index (Phi) is 10.2. The van der Waals surface area contributed by atoms with E-state index in [9.17, 15) is 14.0 Å². The van der Waals surface area contributed by atoms with E-state index >= 15 is 0 Å². The van der Waals surface area contributed by atoms with Gasteiger partial charge in [0.25, 0.3) is 0 Å². The Morgan fingerprint density at radius 3 is 1.86 bits per heavy atom. The number of carbonyl (C=O) groups is 2. The van der Waals surface area contributed by atoms with Crippen molar-refractivity contribution in [3.8, 4) is 0 Å². The summed E-state index contributed by atoms with van der Waals surface area (Å²) in [6.07, 6.45) is 10.1. The van der Waals surface area contributed by atoms with Crippen molar-refractivity contribution in [3.05, 3.63) is 131 Å². The third kappa shape index (κ3) is 7.88. The second kappa shape index (κ2) is 14.3. The van der Waals surface area contributed by atoms with Crippen molar-refractivity contribution < 1.29 is 14.0 Å². The van der Waals surface area contributed by atoms with Crippen molar-refractivity contribution in [1.29, 1.82) is 0 Å². The molecule has 0 N–H and O–H groups in total. The van der Waals surface area contributed by atoms with E-state index in [1.807, 2.05) is 19.1 Å². The predicted molar refractivity (Wildman–Crippen MR) is 174 cm³/mol. The van der Waals surface area contributed by atoms with Crippen LogP contribution in [0.3, 0.4) is 0 Å². The van der Waals surface area contributed by atoms with Gasteiger partial charge in [-0.3, -0.25) is 9.59 Å². The Morgan fingerprint density at radius 1 is 0.744 bits per heavy atom. The maximum atomic E-state index is 13.7. The third-order valence-corrected chi connectivity index (χ3v) is 9.89. The first-order valence-electron chi connectivity index (χ1n) is 16.1. The minimum absolute atomic E-state index is 0.00600. The van der Waals surface area contributed by atoms with E-state index in [0.29, 0.717) is 12.2 Å². The van der Waals surface area contributed by atoms with Gasteiger partial charge < -0.3 is 0 Å². The molecule has 2 fully saturated rings. The Balaban J connectivity index is 1.20. The van der Waals surface area contributed by atoms with Crippen molar-refractivity contribution in [2.75, 3.05) is 0 Å². The van der Waals surface area contributed by atoms with E-state index in [1.54, 1.807) is 12.1 Å². The van der Waals surface area contributed by atoms with Gasteiger partial charge in [0.05, 0.1) is 0 Å². The lowest BCUT2D eigenvalue weighted by molar-refractivity contribution is -0.123. The largest absolute Gasteiger partial charge is 0.299 e. The zero-order valence-corrected chi connectivity index (χ0v) is 25.6. The zero-order chi connectivity index (χ0) is 30.3. The summed E-state index contributed by atoms with van der Waals surface area (Å²) in [5.41, 5.74) is 8.07. The Hall–Kier alpha value is -3.59. The fourth-order valence-corrected chi connectivity index (χ4v) is 7.03. The summed E-state index contributed by atoms with van der Waals surface area (Å²) in [5.74, 6) is 0.587. The van der Waals surface area contributed by atoms with Crippen LogP contribution in [0.1, 0.15) is 97.9 Å². The molecule has 0 heterocycles. The van der Waals surface area contributed by atoms with Crippen molar-refractivity contribution in [2.24, 2.45) is 11.8 Å². The number of allylic oxidation sites excluding steroid dienone is 2. The summed E-state index contributed by atoms with van der Waals surface area (Å²) in [5, 5.41) is 0. The molecule has 2 saturated carbocycles. The van der Waals surface area contributed by atoms with Crippen LogP contribution in [0.5, 0.6) is 0 Å². The molecule has 2 unspecified atom stereocenters. The molecule has 224 valence electrons.